The van der Waals surface area contributed by atoms with Crippen molar-refractivity contribution in [3.8, 4) is 0 Å². The molecule has 0 aliphatic heterocycles. The van der Waals surface area contributed by atoms with E-state index in [1.807, 2.05) is 0 Å². The molecule has 0 spiro atoms. The Bertz CT molecular complexity index is 199. The van der Waals surface area contributed by atoms with Crippen molar-refractivity contribution >= 4 is 0 Å². The smallest absolute Gasteiger partial charge is 0.0589 e. The number of methoxy groups -OCH3 is 1. The number of nitrogens with one attached hydrogen (secondary N) is 1. The Kier molecular flexibility index (Phi) is 8.64. The van der Waals surface area contributed by atoms with Crippen LogP contribution in [-0.2, 0) is 4.74 Å². The first kappa shape index (κ1) is 15.9. The maximum atomic E-state index is 5.25. The normalized spacial score (nSPS) is 25.3. The number of nitrogens with zero attached hydrogens (tertiary/aromatic N) is 1. The summed E-state index contributed by atoms with van der Waals surface area (Å²) in [5.41, 5.74) is 0. The van der Waals surface area contributed by atoms with E-state index >= 15 is 0 Å². The van der Waals surface area contributed by atoms with Gasteiger partial charge in [0, 0.05) is 25.7 Å². The van der Waals surface area contributed by atoms with Gasteiger partial charge in [-0.05, 0) is 32.4 Å². The summed E-state index contributed by atoms with van der Waals surface area (Å²) in [4.78, 5) is 2.61. The summed E-state index contributed by atoms with van der Waals surface area (Å²) in [6.07, 6.45) is 8.10. The minimum atomic E-state index is 0.684. The number of ether oxygens (including phenoxy) is 1. The van der Waals surface area contributed by atoms with Gasteiger partial charge in [-0.25, -0.2) is 0 Å². The molecule has 0 aromatic carbocycles. The second-order valence-corrected chi connectivity index (χ2v) is 5.39. The first-order chi connectivity index (χ1) is 8.83. The first-order valence-corrected chi connectivity index (χ1v) is 7.79. The monoisotopic (exact) mass is 256 g/mol. The Morgan fingerprint density at radius 3 is 2.61 bits per heavy atom. The van der Waals surface area contributed by atoms with Gasteiger partial charge < -0.3 is 10.1 Å². The van der Waals surface area contributed by atoms with Crippen molar-refractivity contribution in [3.05, 3.63) is 0 Å². The highest BCUT2D eigenvalue weighted by molar-refractivity contribution is 4.86. The second-order valence-electron chi connectivity index (χ2n) is 5.39. The van der Waals surface area contributed by atoms with Crippen LogP contribution >= 0.6 is 0 Å². The summed E-state index contributed by atoms with van der Waals surface area (Å²) >= 11 is 0. The molecule has 1 aliphatic rings. The van der Waals surface area contributed by atoms with Gasteiger partial charge in [0.15, 0.2) is 0 Å². The highest BCUT2D eigenvalue weighted by Crippen LogP contribution is 2.22. The third-order valence-corrected chi connectivity index (χ3v) is 4.09. The molecule has 108 valence electrons. The fourth-order valence-electron chi connectivity index (χ4n) is 3.06. The van der Waals surface area contributed by atoms with Crippen molar-refractivity contribution in [2.45, 2.75) is 64.5 Å². The van der Waals surface area contributed by atoms with Crippen LogP contribution in [0.25, 0.3) is 0 Å². The average Bonchev–Trinajstić information content (AvgIpc) is 2.63. The van der Waals surface area contributed by atoms with Crippen LogP contribution in [0.15, 0.2) is 0 Å². The Labute approximate surface area is 113 Å². The third kappa shape index (κ3) is 5.25. The second kappa shape index (κ2) is 9.76. The molecule has 0 aromatic heterocycles. The molecule has 3 nitrogen and oxygen atoms in total. The predicted octanol–water partition coefficient (Wildman–Crippen LogP) is 2.66. The maximum absolute atomic E-state index is 5.25. The quantitative estimate of drug-likeness (QED) is 0.676. The van der Waals surface area contributed by atoms with E-state index in [4.69, 9.17) is 4.74 Å². The molecule has 1 N–H and O–H groups in total. The lowest BCUT2D eigenvalue weighted by Gasteiger charge is -2.36. The van der Waals surface area contributed by atoms with Gasteiger partial charge in [0.1, 0.15) is 0 Å². The molecular formula is C15H32N2O. The van der Waals surface area contributed by atoms with Gasteiger partial charge >= 0.3 is 0 Å². The van der Waals surface area contributed by atoms with E-state index in [1.54, 1.807) is 7.11 Å². The van der Waals surface area contributed by atoms with Gasteiger partial charge in [-0.1, -0.05) is 33.1 Å². The van der Waals surface area contributed by atoms with E-state index in [1.165, 1.54) is 38.5 Å². The summed E-state index contributed by atoms with van der Waals surface area (Å²) in [6, 6.07) is 1.39. The summed E-state index contributed by atoms with van der Waals surface area (Å²) in [6.45, 7) is 8.74. The molecule has 0 radical (unpaired) electrons. The zero-order valence-corrected chi connectivity index (χ0v) is 12.6. The molecule has 0 aromatic rings. The van der Waals surface area contributed by atoms with E-state index < -0.39 is 0 Å². The van der Waals surface area contributed by atoms with Crippen LogP contribution in [0.5, 0.6) is 0 Å². The van der Waals surface area contributed by atoms with Crippen molar-refractivity contribution in [3.63, 3.8) is 0 Å². The molecule has 0 bridgehead atoms. The van der Waals surface area contributed by atoms with E-state index in [9.17, 15) is 0 Å². The number of rotatable bonds is 8. The number of hydrogen-bond acceptors (Lipinski definition) is 3. The van der Waals surface area contributed by atoms with Crippen LogP contribution in [0, 0.1) is 0 Å². The first-order valence-electron chi connectivity index (χ1n) is 7.79. The minimum Gasteiger partial charge on any atom is -0.383 e. The largest absolute Gasteiger partial charge is 0.383 e. The molecule has 18 heavy (non-hydrogen) atoms. The Balaban J connectivity index is 2.57. The summed E-state index contributed by atoms with van der Waals surface area (Å²) in [5.74, 6) is 0. The lowest BCUT2D eigenvalue weighted by atomic mass is 10.0. The lowest BCUT2D eigenvalue weighted by molar-refractivity contribution is 0.102. The minimum absolute atomic E-state index is 0.684. The molecule has 0 amide bonds. The molecule has 3 heteroatoms. The Hall–Kier alpha value is -0.120. The lowest BCUT2D eigenvalue weighted by Crippen LogP contribution is -2.50. The van der Waals surface area contributed by atoms with Gasteiger partial charge in [0.05, 0.1) is 6.61 Å². The van der Waals surface area contributed by atoms with Crippen LogP contribution in [0.1, 0.15) is 52.4 Å². The summed E-state index contributed by atoms with van der Waals surface area (Å²) < 4.78 is 5.25. The van der Waals surface area contributed by atoms with Gasteiger partial charge in [-0.15, -0.1) is 0 Å². The Morgan fingerprint density at radius 2 is 1.94 bits per heavy atom. The van der Waals surface area contributed by atoms with Crippen molar-refractivity contribution in [1.82, 2.24) is 10.2 Å². The molecule has 1 fully saturated rings. The predicted molar refractivity (Wildman–Crippen MR) is 78.1 cm³/mol. The van der Waals surface area contributed by atoms with Crippen LogP contribution in [0.4, 0.5) is 0 Å². The van der Waals surface area contributed by atoms with Gasteiger partial charge in [0.2, 0.25) is 0 Å². The van der Waals surface area contributed by atoms with Crippen LogP contribution in [0.2, 0.25) is 0 Å². The van der Waals surface area contributed by atoms with E-state index in [2.05, 4.69) is 24.1 Å². The topological polar surface area (TPSA) is 24.5 Å². The molecule has 1 aliphatic carbocycles. The van der Waals surface area contributed by atoms with Crippen molar-refractivity contribution in [1.29, 1.82) is 0 Å². The van der Waals surface area contributed by atoms with Gasteiger partial charge in [-0.2, -0.15) is 0 Å². The molecule has 2 unspecified atom stereocenters. The van der Waals surface area contributed by atoms with Crippen molar-refractivity contribution in [2.24, 2.45) is 0 Å². The Morgan fingerprint density at radius 1 is 1.17 bits per heavy atom. The molecule has 0 saturated heterocycles. The fraction of sp³-hybridized carbons (Fsp3) is 1.00. The molecular weight excluding hydrogens is 224 g/mol. The molecule has 2 atom stereocenters. The molecule has 0 heterocycles. The van der Waals surface area contributed by atoms with Gasteiger partial charge in [0.25, 0.3) is 0 Å². The average molecular weight is 256 g/mol. The molecule has 1 rings (SSSR count). The van der Waals surface area contributed by atoms with Crippen molar-refractivity contribution in [2.75, 3.05) is 33.4 Å². The number of hydrogen-bond donors (Lipinski definition) is 1. The summed E-state index contributed by atoms with van der Waals surface area (Å²) in [7, 11) is 1.80. The highest BCUT2D eigenvalue weighted by Gasteiger charge is 2.27. The number of likely N-dealkylation sites (N-methyl/N-ethyl adjacent to an activating group) is 1. The maximum Gasteiger partial charge on any atom is 0.0589 e. The van der Waals surface area contributed by atoms with Crippen LogP contribution < -0.4 is 5.32 Å². The van der Waals surface area contributed by atoms with Gasteiger partial charge in [-0.3, -0.25) is 4.90 Å². The van der Waals surface area contributed by atoms with Crippen LogP contribution in [0.3, 0.4) is 0 Å². The van der Waals surface area contributed by atoms with Crippen molar-refractivity contribution < 1.29 is 4.74 Å². The third-order valence-electron chi connectivity index (χ3n) is 4.09. The highest BCUT2D eigenvalue weighted by atomic mass is 16.5. The molecule has 1 saturated carbocycles. The van der Waals surface area contributed by atoms with Crippen LogP contribution in [-0.4, -0.2) is 50.3 Å². The van der Waals surface area contributed by atoms with E-state index in [-0.39, 0.29) is 0 Å². The summed E-state index contributed by atoms with van der Waals surface area (Å²) in [5, 5.41) is 3.77. The fourth-order valence-corrected chi connectivity index (χ4v) is 3.06. The van der Waals surface area contributed by atoms with E-state index in [0.29, 0.717) is 12.1 Å². The zero-order chi connectivity index (χ0) is 13.2. The van der Waals surface area contributed by atoms with E-state index in [0.717, 1.165) is 26.2 Å². The zero-order valence-electron chi connectivity index (χ0n) is 12.6. The standard InChI is InChI=1S/C15H32N2O/c1-4-11-16-14-9-7-6-8-10-15(14)17(5-2)12-13-18-3/h14-16H,4-13H2,1-3H3. The SMILES string of the molecule is CCCNC1CCCCCC1N(CC)CCOC.